The third-order valence-electron chi connectivity index (χ3n) is 5.73. The summed E-state index contributed by atoms with van der Waals surface area (Å²) in [7, 11) is 0. The lowest BCUT2D eigenvalue weighted by Crippen LogP contribution is -2.50. The maximum atomic E-state index is 14.3. The van der Waals surface area contributed by atoms with E-state index in [1.165, 1.54) is 18.2 Å². The summed E-state index contributed by atoms with van der Waals surface area (Å²) in [6, 6.07) is 8.70. The minimum Gasteiger partial charge on any atom is -0.489 e. The molecular formula is C26H19F12NO2. The van der Waals surface area contributed by atoms with Crippen LogP contribution < -0.4 is 10.1 Å². The minimum absolute atomic E-state index is 0.0182. The highest BCUT2D eigenvalue weighted by atomic mass is 19.4. The van der Waals surface area contributed by atoms with Gasteiger partial charge in [-0.3, -0.25) is 0 Å². The molecule has 3 aromatic carbocycles. The lowest BCUT2D eigenvalue weighted by molar-refractivity contribution is -0.359. The maximum Gasteiger partial charge on any atom is 0.460 e. The number of ether oxygens (including phenoxy) is 1. The zero-order valence-corrected chi connectivity index (χ0v) is 20.4. The van der Waals surface area contributed by atoms with Crippen molar-refractivity contribution < 1.29 is 62.5 Å². The molecule has 224 valence electrons. The first-order valence-corrected chi connectivity index (χ1v) is 11.4. The average molecular weight is 605 g/mol. The predicted octanol–water partition coefficient (Wildman–Crippen LogP) is 7.76. The summed E-state index contributed by atoms with van der Waals surface area (Å²) in [4.78, 5) is 0. The van der Waals surface area contributed by atoms with Crippen molar-refractivity contribution in [3.05, 3.63) is 94.6 Å². The molecule has 0 saturated heterocycles. The standard InChI is InChI=1S/C26H19F12NO2/c27-17-8-15(9-18(28)11-17)13-41-21-6-2-5-20(39-12-22(40)24(31,32)33)19(21)10-14-3-1-4-16(7-14)23(29,30)25(34,35)26(36,37)38/h1-9,11,22,39-40H,10,12-13H2. The molecule has 0 aliphatic heterocycles. The number of benzene rings is 3. The van der Waals surface area contributed by atoms with Crippen LogP contribution in [-0.2, 0) is 19.0 Å². The van der Waals surface area contributed by atoms with E-state index in [9.17, 15) is 57.8 Å². The third-order valence-corrected chi connectivity index (χ3v) is 5.73. The Morgan fingerprint density at radius 3 is 1.95 bits per heavy atom. The van der Waals surface area contributed by atoms with Crippen LogP contribution in [0.15, 0.2) is 60.7 Å². The Hall–Kier alpha value is -3.62. The maximum absolute atomic E-state index is 14.3. The Labute approximate surface area is 224 Å². The van der Waals surface area contributed by atoms with Gasteiger partial charge < -0.3 is 15.2 Å². The Morgan fingerprint density at radius 2 is 1.37 bits per heavy atom. The highest BCUT2D eigenvalue weighted by Crippen LogP contribution is 2.52. The number of rotatable bonds is 10. The van der Waals surface area contributed by atoms with Gasteiger partial charge in [0.2, 0.25) is 0 Å². The second kappa shape index (κ2) is 11.7. The van der Waals surface area contributed by atoms with E-state index in [2.05, 4.69) is 5.32 Å². The van der Waals surface area contributed by atoms with E-state index in [1.54, 1.807) is 0 Å². The number of halogens is 12. The van der Waals surface area contributed by atoms with Crippen molar-refractivity contribution >= 4 is 5.69 Å². The van der Waals surface area contributed by atoms with Crippen molar-refractivity contribution in [3.63, 3.8) is 0 Å². The molecule has 15 heteroatoms. The van der Waals surface area contributed by atoms with Crippen molar-refractivity contribution in [2.45, 2.75) is 43.3 Å². The molecule has 0 heterocycles. The molecule has 1 unspecified atom stereocenters. The van der Waals surface area contributed by atoms with Crippen LogP contribution in [-0.4, -0.2) is 36.0 Å². The van der Waals surface area contributed by atoms with Crippen LogP contribution in [0.5, 0.6) is 5.75 Å². The zero-order valence-electron chi connectivity index (χ0n) is 20.4. The number of aliphatic hydroxyl groups excluding tert-OH is 1. The van der Waals surface area contributed by atoms with Crippen LogP contribution in [0.3, 0.4) is 0 Å². The summed E-state index contributed by atoms with van der Waals surface area (Å²) in [5.41, 5.74) is -2.23. The zero-order chi connectivity index (χ0) is 30.8. The lowest BCUT2D eigenvalue weighted by Gasteiger charge is -2.28. The van der Waals surface area contributed by atoms with E-state index in [-0.39, 0.29) is 28.1 Å². The molecule has 0 aliphatic rings. The summed E-state index contributed by atoms with van der Waals surface area (Å²) in [6.07, 6.45) is -15.0. The lowest BCUT2D eigenvalue weighted by atomic mass is 9.96. The molecule has 0 bridgehead atoms. The van der Waals surface area contributed by atoms with Crippen molar-refractivity contribution in [2.75, 3.05) is 11.9 Å². The van der Waals surface area contributed by atoms with Gasteiger partial charge in [0.05, 0.1) is 0 Å². The number of alkyl halides is 10. The number of nitrogens with one attached hydrogen (secondary N) is 1. The van der Waals surface area contributed by atoms with Gasteiger partial charge in [0.25, 0.3) is 0 Å². The van der Waals surface area contributed by atoms with Gasteiger partial charge in [0.15, 0.2) is 6.10 Å². The van der Waals surface area contributed by atoms with Crippen molar-refractivity contribution in [2.24, 2.45) is 0 Å². The average Bonchev–Trinajstić information content (AvgIpc) is 2.85. The van der Waals surface area contributed by atoms with E-state index in [0.717, 1.165) is 24.3 Å². The molecule has 3 nitrogen and oxygen atoms in total. The summed E-state index contributed by atoms with van der Waals surface area (Å²) < 4.78 is 165. The summed E-state index contributed by atoms with van der Waals surface area (Å²) in [6.45, 7) is -1.59. The Balaban J connectivity index is 2.00. The predicted molar refractivity (Wildman–Crippen MR) is 122 cm³/mol. The van der Waals surface area contributed by atoms with Crippen LogP contribution in [0.1, 0.15) is 22.3 Å². The van der Waals surface area contributed by atoms with Gasteiger partial charge in [-0.2, -0.15) is 43.9 Å². The van der Waals surface area contributed by atoms with Crippen LogP contribution in [0.2, 0.25) is 0 Å². The van der Waals surface area contributed by atoms with Gasteiger partial charge in [-0.1, -0.05) is 24.3 Å². The van der Waals surface area contributed by atoms with Gasteiger partial charge in [-0.25, -0.2) is 8.78 Å². The normalized spacial score (nSPS) is 13.7. The topological polar surface area (TPSA) is 41.5 Å². The van der Waals surface area contributed by atoms with Crippen LogP contribution >= 0.6 is 0 Å². The monoisotopic (exact) mass is 605 g/mol. The van der Waals surface area contributed by atoms with Gasteiger partial charge in [0, 0.05) is 35.8 Å². The fourth-order valence-corrected chi connectivity index (χ4v) is 3.67. The highest BCUT2D eigenvalue weighted by Gasteiger charge is 2.73. The Bertz CT molecular complexity index is 1330. The van der Waals surface area contributed by atoms with E-state index in [4.69, 9.17) is 4.74 Å². The van der Waals surface area contributed by atoms with E-state index in [1.807, 2.05) is 0 Å². The van der Waals surface area contributed by atoms with E-state index >= 15 is 0 Å². The van der Waals surface area contributed by atoms with E-state index in [0.29, 0.717) is 18.2 Å². The molecule has 0 aromatic heterocycles. The largest absolute Gasteiger partial charge is 0.489 e. The molecule has 41 heavy (non-hydrogen) atoms. The van der Waals surface area contributed by atoms with Gasteiger partial charge in [0.1, 0.15) is 24.0 Å². The third kappa shape index (κ3) is 7.37. The molecule has 0 amide bonds. The molecule has 3 aromatic rings. The number of hydrogen-bond acceptors (Lipinski definition) is 3. The fraction of sp³-hybridized carbons (Fsp3) is 0.308. The van der Waals surface area contributed by atoms with E-state index < -0.39 is 67.1 Å². The Morgan fingerprint density at radius 1 is 0.756 bits per heavy atom. The van der Waals surface area contributed by atoms with Gasteiger partial charge in [-0.05, 0) is 41.5 Å². The van der Waals surface area contributed by atoms with Gasteiger partial charge in [-0.15, -0.1) is 0 Å². The molecule has 1 atom stereocenters. The summed E-state index contributed by atoms with van der Waals surface area (Å²) >= 11 is 0. The number of hydrogen-bond donors (Lipinski definition) is 2. The van der Waals surface area contributed by atoms with Crippen molar-refractivity contribution in [3.8, 4) is 5.75 Å². The first-order chi connectivity index (χ1) is 18.8. The molecule has 0 radical (unpaired) electrons. The minimum atomic E-state index is -6.58. The number of anilines is 1. The van der Waals surface area contributed by atoms with Crippen molar-refractivity contribution in [1.29, 1.82) is 0 Å². The summed E-state index contributed by atoms with van der Waals surface area (Å²) in [5, 5.41) is 11.6. The fourth-order valence-electron chi connectivity index (χ4n) is 3.67. The highest BCUT2D eigenvalue weighted by molar-refractivity contribution is 5.59. The van der Waals surface area contributed by atoms with Crippen LogP contribution in [0.25, 0.3) is 0 Å². The Kier molecular flexibility index (Phi) is 9.11. The quantitative estimate of drug-likeness (QED) is 0.232. The molecule has 0 fully saturated rings. The molecule has 0 saturated carbocycles. The second-order valence-electron chi connectivity index (χ2n) is 8.81. The summed E-state index contributed by atoms with van der Waals surface area (Å²) in [5.74, 6) is -14.2. The van der Waals surface area contributed by atoms with Crippen molar-refractivity contribution in [1.82, 2.24) is 0 Å². The number of aliphatic hydroxyl groups is 1. The first-order valence-electron chi connectivity index (χ1n) is 11.4. The second-order valence-corrected chi connectivity index (χ2v) is 8.81. The first kappa shape index (κ1) is 31.9. The van der Waals surface area contributed by atoms with Gasteiger partial charge >= 0.3 is 24.2 Å². The molecule has 2 N–H and O–H groups in total. The van der Waals surface area contributed by atoms with Crippen LogP contribution in [0, 0.1) is 11.6 Å². The van der Waals surface area contributed by atoms with Crippen LogP contribution in [0.4, 0.5) is 58.4 Å². The molecule has 3 rings (SSSR count). The molecular weight excluding hydrogens is 586 g/mol. The molecule has 0 aliphatic carbocycles. The molecule has 0 spiro atoms. The SMILES string of the molecule is OC(CNc1cccc(OCc2cc(F)cc(F)c2)c1Cc1cccc(C(F)(F)C(F)(F)C(F)(F)F)c1)C(F)(F)F. The smallest absolute Gasteiger partial charge is 0.460 e.